The summed E-state index contributed by atoms with van der Waals surface area (Å²) in [5.41, 5.74) is 5.98. The first-order valence-corrected chi connectivity index (χ1v) is 5.51. The van der Waals surface area contributed by atoms with Crippen molar-refractivity contribution in [2.45, 2.75) is 13.1 Å². The Hall–Kier alpha value is -2.18. The molecule has 0 bridgehead atoms. The molecular formula is C11H11F2N5. The van der Waals surface area contributed by atoms with Crippen LogP contribution in [0.1, 0.15) is 5.82 Å². The van der Waals surface area contributed by atoms with Gasteiger partial charge in [-0.05, 0) is 6.07 Å². The minimum atomic E-state index is -0.739. The van der Waals surface area contributed by atoms with Crippen molar-refractivity contribution in [3.8, 4) is 0 Å². The van der Waals surface area contributed by atoms with Crippen LogP contribution in [-0.4, -0.2) is 21.3 Å². The van der Waals surface area contributed by atoms with Crippen LogP contribution in [0, 0.1) is 11.6 Å². The normalized spacial score (nSPS) is 14.7. The van der Waals surface area contributed by atoms with Crippen molar-refractivity contribution in [2.75, 3.05) is 17.2 Å². The Labute approximate surface area is 102 Å². The monoisotopic (exact) mass is 251 g/mol. The second kappa shape index (κ2) is 3.94. The zero-order chi connectivity index (χ0) is 12.7. The Morgan fingerprint density at radius 2 is 2.06 bits per heavy atom. The molecule has 5 nitrogen and oxygen atoms in total. The van der Waals surface area contributed by atoms with Gasteiger partial charge < -0.3 is 15.2 Å². The van der Waals surface area contributed by atoms with Crippen molar-refractivity contribution in [3.05, 3.63) is 35.9 Å². The van der Waals surface area contributed by atoms with E-state index < -0.39 is 11.6 Å². The second-order valence-electron chi connectivity index (χ2n) is 4.18. The molecule has 2 N–H and O–H groups in total. The molecule has 1 aromatic heterocycles. The zero-order valence-electron chi connectivity index (χ0n) is 9.48. The third kappa shape index (κ3) is 1.68. The summed E-state index contributed by atoms with van der Waals surface area (Å²) in [5.74, 6) is -0.619. The van der Waals surface area contributed by atoms with Crippen molar-refractivity contribution in [3.63, 3.8) is 0 Å². The third-order valence-electron chi connectivity index (χ3n) is 3.05. The van der Waals surface area contributed by atoms with Gasteiger partial charge in [0.05, 0.1) is 17.9 Å². The van der Waals surface area contributed by atoms with Crippen LogP contribution in [0.15, 0.2) is 18.5 Å². The number of rotatable bonds is 1. The fourth-order valence-corrected chi connectivity index (χ4v) is 2.10. The standard InChI is InChI=1S/C11H11F2N5/c12-7-3-8(13)11(14)9(4-7)17-1-2-18-6-15-16-10(18)5-17/h3-4,6H,1-2,5,14H2. The first kappa shape index (κ1) is 10.9. The predicted molar refractivity (Wildman–Crippen MR) is 61.8 cm³/mol. The van der Waals surface area contributed by atoms with Crippen LogP contribution in [0.5, 0.6) is 0 Å². The molecule has 18 heavy (non-hydrogen) atoms. The van der Waals surface area contributed by atoms with Gasteiger partial charge in [0.25, 0.3) is 0 Å². The van der Waals surface area contributed by atoms with E-state index in [1.807, 2.05) is 4.57 Å². The van der Waals surface area contributed by atoms with Crippen molar-refractivity contribution in [2.24, 2.45) is 0 Å². The van der Waals surface area contributed by atoms with E-state index in [1.54, 1.807) is 11.2 Å². The molecule has 0 aliphatic carbocycles. The van der Waals surface area contributed by atoms with Crippen LogP contribution in [0.25, 0.3) is 0 Å². The summed E-state index contributed by atoms with van der Waals surface area (Å²) in [5, 5.41) is 7.75. The maximum Gasteiger partial charge on any atom is 0.152 e. The number of halogens is 2. The molecule has 1 aliphatic rings. The molecule has 0 saturated heterocycles. The van der Waals surface area contributed by atoms with E-state index in [4.69, 9.17) is 5.73 Å². The lowest BCUT2D eigenvalue weighted by atomic mass is 10.2. The topological polar surface area (TPSA) is 60.0 Å². The molecule has 0 unspecified atom stereocenters. The average molecular weight is 251 g/mol. The maximum atomic E-state index is 13.4. The Bertz CT molecular complexity index is 595. The molecule has 0 atom stereocenters. The van der Waals surface area contributed by atoms with Gasteiger partial charge in [0.2, 0.25) is 0 Å². The number of nitrogen functional groups attached to an aromatic ring is 1. The highest BCUT2D eigenvalue weighted by Crippen LogP contribution is 2.29. The minimum absolute atomic E-state index is 0.0376. The summed E-state index contributed by atoms with van der Waals surface area (Å²) in [6.07, 6.45) is 1.64. The number of fused-ring (bicyclic) bond motifs is 1. The highest BCUT2D eigenvalue weighted by Gasteiger charge is 2.21. The van der Waals surface area contributed by atoms with E-state index in [0.717, 1.165) is 11.9 Å². The van der Waals surface area contributed by atoms with Crippen molar-refractivity contribution >= 4 is 11.4 Å². The quantitative estimate of drug-likeness (QED) is 0.773. The lowest BCUT2D eigenvalue weighted by Gasteiger charge is -2.30. The van der Waals surface area contributed by atoms with Crippen molar-refractivity contribution in [1.29, 1.82) is 0 Å². The molecule has 2 heterocycles. The molecule has 3 rings (SSSR count). The molecule has 0 radical (unpaired) electrons. The maximum absolute atomic E-state index is 13.4. The molecule has 0 spiro atoms. The number of nitrogens with zero attached hydrogens (tertiary/aromatic N) is 4. The molecule has 0 amide bonds. The van der Waals surface area contributed by atoms with E-state index in [-0.39, 0.29) is 5.69 Å². The fourth-order valence-electron chi connectivity index (χ4n) is 2.10. The molecule has 94 valence electrons. The number of anilines is 2. The van der Waals surface area contributed by atoms with Gasteiger partial charge >= 0.3 is 0 Å². The molecule has 2 aromatic rings. The van der Waals surface area contributed by atoms with Gasteiger partial charge in [0.1, 0.15) is 12.1 Å². The van der Waals surface area contributed by atoms with E-state index in [9.17, 15) is 8.78 Å². The van der Waals surface area contributed by atoms with Gasteiger partial charge in [-0.3, -0.25) is 0 Å². The molecule has 7 heteroatoms. The third-order valence-corrected chi connectivity index (χ3v) is 3.05. The molecule has 0 fully saturated rings. The van der Waals surface area contributed by atoms with E-state index in [1.165, 1.54) is 6.07 Å². The van der Waals surface area contributed by atoms with Gasteiger partial charge in [-0.15, -0.1) is 10.2 Å². The summed E-state index contributed by atoms with van der Waals surface area (Å²) >= 11 is 0. The second-order valence-corrected chi connectivity index (χ2v) is 4.18. The lowest BCUT2D eigenvalue weighted by Crippen LogP contribution is -2.34. The first-order chi connectivity index (χ1) is 8.65. The smallest absolute Gasteiger partial charge is 0.152 e. The predicted octanol–water partition coefficient (Wildman–Crippen LogP) is 1.16. The number of hydrogen-bond acceptors (Lipinski definition) is 4. The molecule has 0 saturated carbocycles. The van der Waals surface area contributed by atoms with Gasteiger partial charge in [0.15, 0.2) is 11.6 Å². The number of nitrogens with two attached hydrogens (primary N) is 1. The first-order valence-electron chi connectivity index (χ1n) is 5.51. The summed E-state index contributed by atoms with van der Waals surface area (Å²) in [6.45, 7) is 1.71. The zero-order valence-corrected chi connectivity index (χ0v) is 9.48. The van der Waals surface area contributed by atoms with Gasteiger partial charge in [-0.2, -0.15) is 0 Å². The van der Waals surface area contributed by atoms with Crippen molar-refractivity contribution < 1.29 is 8.78 Å². The SMILES string of the molecule is Nc1c(F)cc(F)cc1N1CCn2cnnc2C1. The molecule has 1 aromatic carbocycles. The van der Waals surface area contributed by atoms with Crippen LogP contribution < -0.4 is 10.6 Å². The summed E-state index contributed by atoms with van der Waals surface area (Å²) in [7, 11) is 0. The van der Waals surface area contributed by atoms with Crippen LogP contribution >= 0.6 is 0 Å². The van der Waals surface area contributed by atoms with E-state index >= 15 is 0 Å². The van der Waals surface area contributed by atoms with E-state index in [2.05, 4.69) is 10.2 Å². The summed E-state index contributed by atoms with van der Waals surface area (Å²) in [6, 6.07) is 2.02. The van der Waals surface area contributed by atoms with Gasteiger partial charge in [-0.1, -0.05) is 0 Å². The van der Waals surface area contributed by atoms with Crippen LogP contribution in [0.4, 0.5) is 20.2 Å². The van der Waals surface area contributed by atoms with Gasteiger partial charge in [0, 0.05) is 19.2 Å². The number of aromatic nitrogens is 3. The number of benzene rings is 1. The Morgan fingerprint density at radius 1 is 1.22 bits per heavy atom. The Kier molecular flexibility index (Phi) is 2.39. The Balaban J connectivity index is 1.98. The summed E-state index contributed by atoms with van der Waals surface area (Å²) in [4.78, 5) is 1.80. The fraction of sp³-hybridized carbons (Fsp3) is 0.273. The van der Waals surface area contributed by atoms with E-state index in [0.29, 0.717) is 25.3 Å². The lowest BCUT2D eigenvalue weighted by molar-refractivity contribution is 0.552. The van der Waals surface area contributed by atoms with Crippen LogP contribution in [-0.2, 0) is 13.1 Å². The van der Waals surface area contributed by atoms with Gasteiger partial charge in [-0.25, -0.2) is 8.78 Å². The largest absolute Gasteiger partial charge is 0.395 e. The highest BCUT2D eigenvalue weighted by atomic mass is 19.1. The van der Waals surface area contributed by atoms with Crippen LogP contribution in [0.3, 0.4) is 0 Å². The Morgan fingerprint density at radius 3 is 2.89 bits per heavy atom. The molecule has 1 aliphatic heterocycles. The summed E-state index contributed by atoms with van der Waals surface area (Å²) < 4.78 is 28.6. The minimum Gasteiger partial charge on any atom is -0.395 e. The van der Waals surface area contributed by atoms with Crippen molar-refractivity contribution in [1.82, 2.24) is 14.8 Å². The van der Waals surface area contributed by atoms with Crippen LogP contribution in [0.2, 0.25) is 0 Å². The highest BCUT2D eigenvalue weighted by molar-refractivity contribution is 5.68. The average Bonchev–Trinajstić information content (AvgIpc) is 2.80. The number of hydrogen-bond donors (Lipinski definition) is 1. The molecular weight excluding hydrogens is 240 g/mol.